The molecule has 0 unspecified atom stereocenters. The Hall–Kier alpha value is -2.26. The van der Waals surface area contributed by atoms with Crippen molar-refractivity contribution in [3.05, 3.63) is 44.1 Å². The number of rotatable bonds is 2. The molecule has 19 heavy (non-hydrogen) atoms. The third kappa shape index (κ3) is 2.95. The SMILES string of the molecule is O=C1C=C(O)/C(=N/N=c2\[nH]cc([N+](=O)[O-])s2)C=C1Cl. The van der Waals surface area contributed by atoms with Crippen LogP contribution in [0.25, 0.3) is 0 Å². The first-order valence-electron chi connectivity index (χ1n) is 4.74. The number of hydrogen-bond acceptors (Lipinski definition) is 7. The zero-order valence-electron chi connectivity index (χ0n) is 9.03. The second kappa shape index (κ2) is 5.16. The maximum atomic E-state index is 11.1. The van der Waals surface area contributed by atoms with Crippen LogP contribution in [-0.2, 0) is 4.79 Å². The summed E-state index contributed by atoms with van der Waals surface area (Å²) in [5.41, 5.74) is -0.00551. The highest BCUT2D eigenvalue weighted by Gasteiger charge is 2.16. The normalized spacial score (nSPS) is 18.5. The molecule has 0 fully saturated rings. The monoisotopic (exact) mass is 300 g/mol. The van der Waals surface area contributed by atoms with E-state index in [1.165, 1.54) is 6.20 Å². The predicted molar refractivity (Wildman–Crippen MR) is 68.0 cm³/mol. The van der Waals surface area contributed by atoms with Crippen molar-refractivity contribution in [3.63, 3.8) is 0 Å². The van der Waals surface area contributed by atoms with E-state index in [0.717, 1.165) is 23.5 Å². The Labute approximate surface area is 114 Å². The number of nitrogens with zero attached hydrogens (tertiary/aromatic N) is 3. The topological polar surface area (TPSA) is 121 Å². The van der Waals surface area contributed by atoms with Gasteiger partial charge < -0.3 is 10.1 Å². The number of carbonyl (C=O) groups excluding carboxylic acids is 1. The molecule has 1 aliphatic rings. The van der Waals surface area contributed by atoms with E-state index < -0.39 is 10.7 Å². The molecule has 8 nitrogen and oxygen atoms in total. The van der Waals surface area contributed by atoms with E-state index in [4.69, 9.17) is 11.6 Å². The second-order valence-electron chi connectivity index (χ2n) is 3.26. The van der Waals surface area contributed by atoms with Crippen LogP contribution < -0.4 is 4.80 Å². The first kappa shape index (κ1) is 13.2. The predicted octanol–water partition coefficient (Wildman–Crippen LogP) is 1.39. The summed E-state index contributed by atoms with van der Waals surface area (Å²) in [5.74, 6) is -0.902. The standard InChI is InChI=1S/C9H5ClN4O4S/c10-4-1-5(7(16)2-6(4)15)12-13-9-11-3-8(19-9)14(17)18/h1-3,16H,(H,11,13)/b12-5+. The summed E-state index contributed by atoms with van der Waals surface area (Å²) in [7, 11) is 0. The number of allylic oxidation sites excluding steroid dienone is 3. The summed E-state index contributed by atoms with van der Waals surface area (Å²) >= 11 is 6.38. The molecule has 0 saturated heterocycles. The zero-order valence-corrected chi connectivity index (χ0v) is 10.6. The number of nitro groups is 1. The molecular weight excluding hydrogens is 296 g/mol. The summed E-state index contributed by atoms with van der Waals surface area (Å²) in [6.07, 6.45) is 3.24. The number of aliphatic hydroxyl groups is 1. The van der Waals surface area contributed by atoms with Gasteiger partial charge in [-0.2, -0.15) is 0 Å². The van der Waals surface area contributed by atoms with Crippen molar-refractivity contribution in [2.75, 3.05) is 0 Å². The van der Waals surface area contributed by atoms with Crippen molar-refractivity contribution in [1.29, 1.82) is 0 Å². The molecule has 1 aliphatic carbocycles. The van der Waals surface area contributed by atoms with E-state index in [2.05, 4.69) is 15.2 Å². The summed E-state index contributed by atoms with van der Waals surface area (Å²) < 4.78 is 0. The molecule has 0 radical (unpaired) electrons. The molecule has 0 amide bonds. The van der Waals surface area contributed by atoms with Gasteiger partial charge in [-0.3, -0.25) is 14.9 Å². The highest BCUT2D eigenvalue weighted by Crippen LogP contribution is 2.14. The average molecular weight is 301 g/mol. The van der Waals surface area contributed by atoms with Crippen molar-refractivity contribution in [2.45, 2.75) is 0 Å². The van der Waals surface area contributed by atoms with Gasteiger partial charge in [0.1, 0.15) is 11.5 Å². The zero-order chi connectivity index (χ0) is 14.0. The Bertz CT molecular complexity index is 712. The Kier molecular flexibility index (Phi) is 3.58. The minimum absolute atomic E-state index is 0.00551. The van der Waals surface area contributed by atoms with Crippen LogP contribution in [0.2, 0.25) is 0 Å². The number of hydrogen-bond donors (Lipinski definition) is 2. The lowest BCUT2D eigenvalue weighted by Crippen LogP contribution is -2.10. The van der Waals surface area contributed by atoms with Crippen molar-refractivity contribution in [2.24, 2.45) is 10.2 Å². The van der Waals surface area contributed by atoms with Gasteiger partial charge in [0, 0.05) is 6.08 Å². The van der Waals surface area contributed by atoms with E-state index >= 15 is 0 Å². The molecule has 10 heteroatoms. The van der Waals surface area contributed by atoms with Gasteiger partial charge in [0.15, 0.2) is 0 Å². The largest absolute Gasteiger partial charge is 0.505 e. The number of aromatic amines is 1. The van der Waals surface area contributed by atoms with E-state index in [1.54, 1.807) is 0 Å². The smallest absolute Gasteiger partial charge is 0.343 e. The number of H-pyrrole nitrogens is 1. The lowest BCUT2D eigenvalue weighted by atomic mass is 10.1. The first-order valence-corrected chi connectivity index (χ1v) is 5.94. The van der Waals surface area contributed by atoms with Crippen molar-refractivity contribution >= 4 is 39.4 Å². The maximum Gasteiger partial charge on any atom is 0.343 e. The Balaban J connectivity index is 2.34. The van der Waals surface area contributed by atoms with Crippen LogP contribution >= 0.6 is 22.9 Å². The fourth-order valence-corrected chi connectivity index (χ4v) is 1.88. The number of halogens is 1. The molecule has 1 aromatic rings. The van der Waals surface area contributed by atoms with E-state index in [9.17, 15) is 20.0 Å². The number of carbonyl (C=O) groups is 1. The Morgan fingerprint density at radius 3 is 2.79 bits per heavy atom. The number of aliphatic hydroxyl groups excluding tert-OH is 1. The minimum Gasteiger partial charge on any atom is -0.505 e. The van der Waals surface area contributed by atoms with Crippen molar-refractivity contribution < 1.29 is 14.8 Å². The summed E-state index contributed by atoms with van der Waals surface area (Å²) in [4.78, 5) is 23.7. The molecule has 1 aromatic heterocycles. The van der Waals surface area contributed by atoms with Gasteiger partial charge in [-0.1, -0.05) is 11.6 Å². The van der Waals surface area contributed by atoms with Gasteiger partial charge in [0.2, 0.25) is 10.6 Å². The molecule has 1 heterocycles. The lowest BCUT2D eigenvalue weighted by Gasteiger charge is -2.04. The van der Waals surface area contributed by atoms with E-state index in [-0.39, 0.29) is 26.3 Å². The molecule has 2 N–H and O–H groups in total. The number of aromatic nitrogens is 1. The second-order valence-corrected chi connectivity index (χ2v) is 4.68. The quantitative estimate of drug-likeness (QED) is 0.487. The van der Waals surface area contributed by atoms with Crippen LogP contribution in [-0.4, -0.2) is 26.5 Å². The molecule has 0 spiro atoms. The molecule has 0 saturated carbocycles. The van der Waals surface area contributed by atoms with Crippen molar-refractivity contribution in [3.8, 4) is 0 Å². The summed E-state index contributed by atoms with van der Waals surface area (Å²) in [5, 5.41) is 27.0. The van der Waals surface area contributed by atoms with Gasteiger partial charge in [-0.25, -0.2) is 0 Å². The Morgan fingerprint density at radius 2 is 2.16 bits per heavy atom. The van der Waals surface area contributed by atoms with Gasteiger partial charge in [-0.15, -0.1) is 10.2 Å². The van der Waals surface area contributed by atoms with Gasteiger partial charge in [-0.05, 0) is 17.4 Å². The fraction of sp³-hybridized carbons (Fsp3) is 0. The molecule has 0 atom stereocenters. The molecule has 0 aromatic carbocycles. The Morgan fingerprint density at radius 1 is 1.42 bits per heavy atom. The minimum atomic E-state index is -0.569. The van der Waals surface area contributed by atoms with Crippen molar-refractivity contribution in [1.82, 2.24) is 4.98 Å². The van der Waals surface area contributed by atoms with E-state index in [1.807, 2.05) is 0 Å². The van der Waals surface area contributed by atoms with Crippen LogP contribution in [0.1, 0.15) is 0 Å². The molecule has 2 rings (SSSR count). The van der Waals surface area contributed by atoms with E-state index in [0.29, 0.717) is 0 Å². The van der Waals surface area contributed by atoms with Crippen LogP contribution in [0, 0.1) is 10.1 Å². The number of thiazole rings is 1. The van der Waals surface area contributed by atoms with Gasteiger partial charge in [0.05, 0.1) is 16.2 Å². The third-order valence-electron chi connectivity index (χ3n) is 1.98. The third-order valence-corrected chi connectivity index (χ3v) is 3.14. The highest BCUT2D eigenvalue weighted by atomic mass is 35.5. The summed E-state index contributed by atoms with van der Waals surface area (Å²) in [6, 6.07) is 0. The van der Waals surface area contributed by atoms with Gasteiger partial charge in [0.25, 0.3) is 0 Å². The highest BCUT2D eigenvalue weighted by molar-refractivity contribution is 7.12. The molecular formula is C9H5ClN4O4S. The average Bonchev–Trinajstić information content (AvgIpc) is 2.81. The first-order chi connectivity index (χ1) is 8.97. The van der Waals surface area contributed by atoms with Crippen LogP contribution in [0.15, 0.2) is 39.3 Å². The molecule has 98 valence electrons. The van der Waals surface area contributed by atoms with Gasteiger partial charge >= 0.3 is 5.00 Å². The number of nitrogens with one attached hydrogen (secondary N) is 1. The van der Waals surface area contributed by atoms with Crippen LogP contribution in [0.3, 0.4) is 0 Å². The van der Waals surface area contributed by atoms with Crippen LogP contribution in [0.5, 0.6) is 0 Å². The number of ketones is 1. The summed E-state index contributed by atoms with van der Waals surface area (Å²) in [6.45, 7) is 0. The van der Waals surface area contributed by atoms with Crippen LogP contribution in [0.4, 0.5) is 5.00 Å². The lowest BCUT2D eigenvalue weighted by molar-refractivity contribution is -0.380. The molecule has 0 aliphatic heterocycles. The molecule has 0 bridgehead atoms. The maximum absolute atomic E-state index is 11.1. The fourth-order valence-electron chi connectivity index (χ4n) is 1.13.